The Morgan fingerprint density at radius 2 is 1.52 bits per heavy atom. The third-order valence-electron chi connectivity index (χ3n) is 5.60. The highest BCUT2D eigenvalue weighted by molar-refractivity contribution is 7.80. The van der Waals surface area contributed by atoms with Crippen LogP contribution in [-0.4, -0.2) is 33.2 Å². The smallest absolute Gasteiger partial charge is 0.267 e. The lowest BCUT2D eigenvalue weighted by Gasteiger charge is -2.38. The molecule has 1 amide bonds. The van der Waals surface area contributed by atoms with E-state index in [4.69, 9.17) is 17.0 Å². The van der Waals surface area contributed by atoms with Gasteiger partial charge in [0.25, 0.3) is 5.17 Å². The van der Waals surface area contributed by atoms with Crippen LogP contribution in [-0.2, 0) is 15.1 Å². The van der Waals surface area contributed by atoms with Crippen LogP contribution in [0.25, 0.3) is 0 Å². The van der Waals surface area contributed by atoms with Gasteiger partial charge in [-0.3, -0.25) is 9.69 Å². The molecule has 3 rings (SSSR count). The largest absolute Gasteiger partial charge is 0.452 e. The highest BCUT2D eigenvalue weighted by Crippen LogP contribution is 2.47. The number of thiocarbonyl (C=S) groups is 1. The molecule has 4 nitrogen and oxygen atoms in total. The Bertz CT molecular complexity index is 811. The summed E-state index contributed by atoms with van der Waals surface area (Å²) in [6, 6.07) is 19.5. The van der Waals surface area contributed by atoms with Gasteiger partial charge in [-0.15, -0.1) is 0 Å². The molecule has 0 saturated carbocycles. The molecule has 29 heavy (non-hydrogen) atoms. The molecule has 0 unspecified atom stereocenters. The molecule has 0 aliphatic carbocycles. The number of aliphatic hydroxyl groups is 1. The van der Waals surface area contributed by atoms with Crippen LogP contribution in [0, 0.1) is 11.8 Å². The summed E-state index contributed by atoms with van der Waals surface area (Å²) < 4.78 is 6.43. The van der Waals surface area contributed by atoms with Crippen LogP contribution in [0.3, 0.4) is 0 Å². The van der Waals surface area contributed by atoms with Crippen LogP contribution in [0.2, 0.25) is 0 Å². The lowest BCUT2D eigenvalue weighted by atomic mass is 9.75. The number of benzene rings is 2. The number of hydrogen-bond acceptors (Lipinski definition) is 4. The molecule has 2 aromatic carbocycles. The topological polar surface area (TPSA) is 49.8 Å². The van der Waals surface area contributed by atoms with Gasteiger partial charge in [-0.05, 0) is 24.1 Å². The number of hydrogen-bond donors (Lipinski definition) is 1. The molecule has 1 aliphatic heterocycles. The molecule has 1 heterocycles. The van der Waals surface area contributed by atoms with Gasteiger partial charge < -0.3 is 9.84 Å². The van der Waals surface area contributed by atoms with Crippen LogP contribution in [0.5, 0.6) is 0 Å². The van der Waals surface area contributed by atoms with E-state index in [9.17, 15) is 9.90 Å². The summed E-state index contributed by atoms with van der Waals surface area (Å²) in [5.74, 6) is -0.152. The molecule has 0 bridgehead atoms. The van der Waals surface area contributed by atoms with Gasteiger partial charge in [0.2, 0.25) is 5.91 Å². The van der Waals surface area contributed by atoms with Gasteiger partial charge in [-0.25, -0.2) is 0 Å². The molecule has 154 valence electrons. The molecule has 0 radical (unpaired) electrons. The molecule has 1 aliphatic rings. The molecule has 5 heteroatoms. The van der Waals surface area contributed by atoms with E-state index in [1.807, 2.05) is 74.5 Å². The van der Waals surface area contributed by atoms with E-state index in [-0.39, 0.29) is 35.4 Å². The fourth-order valence-electron chi connectivity index (χ4n) is 4.08. The van der Waals surface area contributed by atoms with Crippen molar-refractivity contribution in [1.29, 1.82) is 0 Å². The molecule has 0 aromatic heterocycles. The van der Waals surface area contributed by atoms with Crippen LogP contribution in [0.4, 0.5) is 0 Å². The first-order valence-corrected chi connectivity index (χ1v) is 10.5. The zero-order valence-electron chi connectivity index (χ0n) is 17.4. The number of carbonyl (C=O) groups is 1. The van der Waals surface area contributed by atoms with Crippen LogP contribution < -0.4 is 0 Å². The third kappa shape index (κ3) is 3.94. The van der Waals surface area contributed by atoms with Gasteiger partial charge in [-0.1, -0.05) is 88.4 Å². The maximum atomic E-state index is 13.2. The van der Waals surface area contributed by atoms with Gasteiger partial charge in [0.05, 0.1) is 18.6 Å². The van der Waals surface area contributed by atoms with Crippen molar-refractivity contribution >= 4 is 23.3 Å². The molecule has 0 spiro atoms. The van der Waals surface area contributed by atoms with Gasteiger partial charge in [0.15, 0.2) is 5.60 Å². The monoisotopic (exact) mass is 411 g/mol. The minimum Gasteiger partial charge on any atom is -0.452 e. The van der Waals surface area contributed by atoms with Crippen molar-refractivity contribution in [3.63, 3.8) is 0 Å². The van der Waals surface area contributed by atoms with E-state index >= 15 is 0 Å². The summed E-state index contributed by atoms with van der Waals surface area (Å²) in [6.45, 7) is 7.94. The highest BCUT2D eigenvalue weighted by atomic mass is 32.1. The highest BCUT2D eigenvalue weighted by Gasteiger charge is 2.57. The maximum absolute atomic E-state index is 13.2. The van der Waals surface area contributed by atoms with Crippen LogP contribution >= 0.6 is 12.2 Å². The zero-order chi connectivity index (χ0) is 21.2. The third-order valence-corrected chi connectivity index (χ3v) is 5.88. The van der Waals surface area contributed by atoms with Gasteiger partial charge in [-0.2, -0.15) is 0 Å². The van der Waals surface area contributed by atoms with Crippen molar-refractivity contribution in [3.05, 3.63) is 71.8 Å². The van der Waals surface area contributed by atoms with E-state index in [0.29, 0.717) is 0 Å². The Labute approximate surface area is 178 Å². The second-order valence-corrected chi connectivity index (χ2v) is 8.65. The summed E-state index contributed by atoms with van der Waals surface area (Å²) >= 11 is 5.58. The minimum absolute atomic E-state index is 0.0125. The van der Waals surface area contributed by atoms with Gasteiger partial charge >= 0.3 is 0 Å². The van der Waals surface area contributed by atoms with Crippen LogP contribution in [0.15, 0.2) is 60.7 Å². The standard InChI is InChI=1S/C24H29NO3S/c1-16(2)20(26)15-21(27)25-22(17(3)4)24(28-23(25)29,18-11-7-5-8-12-18)19-13-9-6-10-14-19/h5-14,16-17,20,22,26H,15H2,1-4H3/t20-,22+/m1/s1. The molecule has 1 saturated heterocycles. The lowest BCUT2D eigenvalue weighted by Crippen LogP contribution is -2.50. The average Bonchev–Trinajstić information content (AvgIpc) is 3.03. The van der Waals surface area contributed by atoms with Crippen molar-refractivity contribution in [2.24, 2.45) is 11.8 Å². The predicted octanol–water partition coefficient (Wildman–Crippen LogP) is 4.51. The number of carbonyl (C=O) groups excluding carboxylic acids is 1. The summed E-state index contributed by atoms with van der Waals surface area (Å²) in [4.78, 5) is 14.8. The van der Waals surface area contributed by atoms with Crippen molar-refractivity contribution < 1.29 is 14.6 Å². The normalized spacial score (nSPS) is 19.5. The molecule has 2 aromatic rings. The fourth-order valence-corrected chi connectivity index (χ4v) is 4.42. The molecule has 1 N–H and O–H groups in total. The Kier molecular flexibility index (Phi) is 6.39. The van der Waals surface area contributed by atoms with Crippen molar-refractivity contribution in [1.82, 2.24) is 4.90 Å². The van der Waals surface area contributed by atoms with E-state index in [1.165, 1.54) is 0 Å². The quantitative estimate of drug-likeness (QED) is 0.711. The molecular weight excluding hydrogens is 382 g/mol. The minimum atomic E-state index is -0.897. The van der Waals surface area contributed by atoms with E-state index in [1.54, 1.807) is 4.90 Å². The van der Waals surface area contributed by atoms with E-state index in [0.717, 1.165) is 11.1 Å². The maximum Gasteiger partial charge on any atom is 0.267 e. The predicted molar refractivity (Wildman–Crippen MR) is 118 cm³/mol. The van der Waals surface area contributed by atoms with Crippen LogP contribution in [0.1, 0.15) is 45.2 Å². The first kappa shape index (κ1) is 21.5. The number of aliphatic hydroxyl groups excluding tert-OH is 1. The Morgan fingerprint density at radius 3 is 1.93 bits per heavy atom. The second-order valence-electron chi connectivity index (χ2n) is 8.30. The number of rotatable bonds is 6. The van der Waals surface area contributed by atoms with E-state index in [2.05, 4.69) is 13.8 Å². The van der Waals surface area contributed by atoms with E-state index < -0.39 is 11.7 Å². The SMILES string of the molecule is CC(C)[C@H](O)CC(=O)N1C(=S)OC(c2ccccc2)(c2ccccc2)[C@@H]1C(C)C. The fraction of sp³-hybridized carbons (Fsp3) is 0.417. The summed E-state index contributed by atoms with van der Waals surface area (Å²) in [6.07, 6.45) is -0.703. The average molecular weight is 412 g/mol. The first-order valence-electron chi connectivity index (χ1n) is 10.1. The Hall–Kier alpha value is -2.24. The number of amides is 1. The van der Waals surface area contributed by atoms with Crippen molar-refractivity contribution in [3.8, 4) is 0 Å². The number of nitrogens with zero attached hydrogens (tertiary/aromatic N) is 1. The Morgan fingerprint density at radius 1 is 1.03 bits per heavy atom. The molecule has 2 atom stereocenters. The summed E-state index contributed by atoms with van der Waals surface area (Å²) in [5, 5.41) is 10.5. The second kappa shape index (κ2) is 8.64. The molecular formula is C24H29NO3S. The van der Waals surface area contributed by atoms with Gasteiger partial charge in [0, 0.05) is 11.1 Å². The lowest BCUT2D eigenvalue weighted by molar-refractivity contribution is -0.132. The van der Waals surface area contributed by atoms with Crippen molar-refractivity contribution in [2.45, 2.75) is 51.9 Å². The first-order chi connectivity index (χ1) is 13.8. The zero-order valence-corrected chi connectivity index (χ0v) is 18.2. The van der Waals surface area contributed by atoms with Gasteiger partial charge in [0.1, 0.15) is 0 Å². The number of ether oxygens (including phenoxy) is 1. The van der Waals surface area contributed by atoms with Crippen molar-refractivity contribution in [2.75, 3.05) is 0 Å². The Balaban J connectivity index is 2.14. The molecule has 1 fully saturated rings. The summed E-state index contributed by atoms with van der Waals surface area (Å²) in [7, 11) is 0. The summed E-state index contributed by atoms with van der Waals surface area (Å²) in [5.41, 5.74) is 1.01.